The lowest BCUT2D eigenvalue weighted by Crippen LogP contribution is -2.39. The molecule has 1 aromatic carbocycles. The molecule has 5 N–H and O–H groups in total. The largest absolute Gasteiger partial charge is 0.496 e. The molecule has 0 heterocycles. The Balaban J connectivity index is 3.06. The summed E-state index contributed by atoms with van der Waals surface area (Å²) in [6.45, 7) is -0.619. The molecule has 0 fully saturated rings. The Morgan fingerprint density at radius 1 is 1.43 bits per heavy atom. The van der Waals surface area contributed by atoms with Crippen LogP contribution in [0.15, 0.2) is 23.1 Å². The quantitative estimate of drug-likeness (QED) is 0.477. The third-order valence-corrected chi connectivity index (χ3v) is 3.93. The fourth-order valence-corrected chi connectivity index (χ4v) is 2.46. The summed E-state index contributed by atoms with van der Waals surface area (Å²) < 4.78 is 30.6. The lowest BCUT2D eigenvalue weighted by molar-refractivity contribution is -0.125. The van der Waals surface area contributed by atoms with Crippen LogP contribution < -0.4 is 15.2 Å². The molecule has 116 valence electrons. The number of aliphatic hydroxyl groups excluding tert-OH is 1. The Hall–Kier alpha value is -2.17. The number of rotatable bonds is 7. The smallest absolute Gasteiger partial charge is 0.339 e. The highest BCUT2D eigenvalue weighted by molar-refractivity contribution is 7.89. The number of aromatic carboxylic acids is 1. The van der Waals surface area contributed by atoms with Crippen LogP contribution in [-0.2, 0) is 14.8 Å². The highest BCUT2D eigenvalue weighted by Gasteiger charge is 2.21. The van der Waals surface area contributed by atoms with Gasteiger partial charge in [0, 0.05) is 6.54 Å². The van der Waals surface area contributed by atoms with Gasteiger partial charge in [-0.25, -0.2) is 17.9 Å². The van der Waals surface area contributed by atoms with Crippen LogP contribution in [0.5, 0.6) is 5.75 Å². The van der Waals surface area contributed by atoms with Crippen molar-refractivity contribution < 1.29 is 33.0 Å². The van der Waals surface area contributed by atoms with Gasteiger partial charge in [0.25, 0.3) is 0 Å². The van der Waals surface area contributed by atoms with E-state index in [9.17, 15) is 18.0 Å². The number of hydrogen-bond acceptors (Lipinski definition) is 6. The number of carboxylic acid groups (broad SMARTS) is 1. The molecule has 0 aliphatic rings. The number of ether oxygens (including phenoxy) is 1. The molecule has 9 nitrogen and oxygen atoms in total. The molecule has 0 bridgehead atoms. The number of nitrogens with one attached hydrogen (secondary N) is 1. The third kappa shape index (κ3) is 4.15. The van der Waals surface area contributed by atoms with Crippen LogP contribution >= 0.6 is 0 Å². The van der Waals surface area contributed by atoms with E-state index in [1.54, 1.807) is 0 Å². The van der Waals surface area contributed by atoms with E-state index in [1.165, 1.54) is 13.2 Å². The summed E-state index contributed by atoms with van der Waals surface area (Å²) in [6.07, 6.45) is -1.68. The molecule has 0 saturated heterocycles. The summed E-state index contributed by atoms with van der Waals surface area (Å²) in [7, 11) is -2.86. The summed E-state index contributed by atoms with van der Waals surface area (Å²) in [5, 5.41) is 18.1. The maximum Gasteiger partial charge on any atom is 0.339 e. The maximum atomic E-state index is 11.9. The second kappa shape index (κ2) is 6.52. The molecule has 1 rings (SSSR count). The van der Waals surface area contributed by atoms with Crippen LogP contribution in [0.1, 0.15) is 10.4 Å². The van der Waals surface area contributed by atoms with Crippen molar-refractivity contribution in [2.24, 2.45) is 5.73 Å². The van der Waals surface area contributed by atoms with Crippen LogP contribution in [0.25, 0.3) is 0 Å². The number of primary amides is 1. The van der Waals surface area contributed by atoms with Gasteiger partial charge in [-0.15, -0.1) is 0 Å². The van der Waals surface area contributed by atoms with Gasteiger partial charge in [0.05, 0.1) is 12.0 Å². The van der Waals surface area contributed by atoms with Crippen LogP contribution in [0.4, 0.5) is 0 Å². The van der Waals surface area contributed by atoms with Gasteiger partial charge in [0.1, 0.15) is 17.4 Å². The SMILES string of the molecule is COc1ccc(S(=O)(=O)NCC(O)C(N)=O)cc1C(=O)O. The van der Waals surface area contributed by atoms with E-state index in [-0.39, 0.29) is 16.2 Å². The minimum Gasteiger partial charge on any atom is -0.496 e. The number of benzene rings is 1. The molecule has 0 radical (unpaired) electrons. The fourth-order valence-electron chi connectivity index (χ4n) is 1.39. The number of amides is 1. The van der Waals surface area contributed by atoms with E-state index >= 15 is 0 Å². The van der Waals surface area contributed by atoms with Crippen molar-refractivity contribution in [1.29, 1.82) is 0 Å². The van der Waals surface area contributed by atoms with Crippen LogP contribution in [0, 0.1) is 0 Å². The summed E-state index contributed by atoms with van der Waals surface area (Å²) in [4.78, 5) is 21.3. The topological polar surface area (TPSA) is 156 Å². The summed E-state index contributed by atoms with van der Waals surface area (Å²) in [6, 6.07) is 3.22. The molecular formula is C11H14N2O7S. The molecule has 1 aromatic rings. The third-order valence-electron chi connectivity index (χ3n) is 2.51. The van der Waals surface area contributed by atoms with Crippen LogP contribution in [-0.4, -0.2) is 50.3 Å². The lowest BCUT2D eigenvalue weighted by Gasteiger charge is -2.11. The molecule has 1 unspecified atom stereocenters. The minimum atomic E-state index is -4.11. The number of hydrogen-bond donors (Lipinski definition) is 4. The molecule has 0 aliphatic heterocycles. The van der Waals surface area contributed by atoms with Crippen molar-refractivity contribution in [3.63, 3.8) is 0 Å². The zero-order valence-corrected chi connectivity index (χ0v) is 11.8. The van der Waals surface area contributed by atoms with Gasteiger partial charge >= 0.3 is 5.97 Å². The standard InChI is InChI=1S/C11H14N2O7S/c1-20-9-3-2-6(4-7(9)11(16)17)21(18,19)13-5-8(14)10(12)15/h2-4,8,13-14H,5H2,1H3,(H2,12,15)(H,16,17). The first-order chi connectivity index (χ1) is 9.69. The summed E-state index contributed by atoms with van der Waals surface area (Å²) >= 11 is 0. The van der Waals surface area contributed by atoms with Gasteiger partial charge in [-0.2, -0.15) is 0 Å². The van der Waals surface area contributed by atoms with Crippen LogP contribution in [0.3, 0.4) is 0 Å². The molecule has 0 aromatic heterocycles. The molecular weight excluding hydrogens is 304 g/mol. The van der Waals surface area contributed by atoms with E-state index in [0.717, 1.165) is 12.1 Å². The van der Waals surface area contributed by atoms with E-state index in [2.05, 4.69) is 0 Å². The minimum absolute atomic E-state index is 0.00128. The van der Waals surface area contributed by atoms with Gasteiger partial charge in [0.2, 0.25) is 15.9 Å². The number of carboxylic acids is 1. The molecule has 0 spiro atoms. The van der Waals surface area contributed by atoms with Crippen molar-refractivity contribution in [1.82, 2.24) is 4.72 Å². The van der Waals surface area contributed by atoms with Gasteiger partial charge in [-0.05, 0) is 18.2 Å². The predicted octanol–water partition coefficient (Wildman–Crippen LogP) is -1.48. The Kier molecular flexibility index (Phi) is 5.24. The predicted molar refractivity (Wildman–Crippen MR) is 70.3 cm³/mol. The van der Waals surface area contributed by atoms with Crippen molar-refractivity contribution in [2.45, 2.75) is 11.0 Å². The summed E-state index contributed by atoms with van der Waals surface area (Å²) in [5.74, 6) is -2.45. The average Bonchev–Trinajstić information content (AvgIpc) is 2.43. The van der Waals surface area contributed by atoms with Gasteiger partial charge in [-0.1, -0.05) is 0 Å². The molecule has 10 heteroatoms. The number of carbonyl (C=O) groups excluding carboxylic acids is 1. The molecule has 1 amide bonds. The van der Waals surface area contributed by atoms with Crippen LogP contribution in [0.2, 0.25) is 0 Å². The number of carbonyl (C=O) groups is 2. The van der Waals surface area contributed by atoms with Gasteiger partial charge in [-0.3, -0.25) is 4.79 Å². The Morgan fingerprint density at radius 3 is 2.52 bits per heavy atom. The number of nitrogens with two attached hydrogens (primary N) is 1. The van der Waals surface area contributed by atoms with Crippen molar-refractivity contribution in [3.8, 4) is 5.75 Å². The second-order valence-corrected chi connectivity index (χ2v) is 5.70. The Bertz CT molecular complexity index is 657. The Morgan fingerprint density at radius 2 is 2.05 bits per heavy atom. The van der Waals surface area contributed by atoms with Gasteiger partial charge in [0.15, 0.2) is 0 Å². The fraction of sp³-hybridized carbons (Fsp3) is 0.273. The molecule has 1 atom stereocenters. The first-order valence-corrected chi connectivity index (χ1v) is 7.05. The molecule has 0 aliphatic carbocycles. The van der Waals surface area contributed by atoms with E-state index < -0.39 is 34.5 Å². The highest BCUT2D eigenvalue weighted by Crippen LogP contribution is 2.22. The van der Waals surface area contributed by atoms with Gasteiger partial charge < -0.3 is 20.7 Å². The first kappa shape index (κ1) is 16.9. The maximum absolute atomic E-state index is 11.9. The second-order valence-electron chi connectivity index (χ2n) is 3.94. The zero-order valence-electron chi connectivity index (χ0n) is 10.9. The van der Waals surface area contributed by atoms with Crippen molar-refractivity contribution in [2.75, 3.05) is 13.7 Å². The van der Waals surface area contributed by atoms with Crippen molar-refractivity contribution >= 4 is 21.9 Å². The molecule has 0 saturated carbocycles. The summed E-state index contributed by atoms with van der Waals surface area (Å²) in [5.41, 5.74) is 4.45. The van der Waals surface area contributed by atoms with Crippen molar-refractivity contribution in [3.05, 3.63) is 23.8 Å². The normalized spacial score (nSPS) is 12.7. The Labute approximate surface area is 120 Å². The average molecular weight is 318 g/mol. The van der Waals surface area contributed by atoms with E-state index in [0.29, 0.717) is 0 Å². The zero-order chi connectivity index (χ0) is 16.2. The monoisotopic (exact) mass is 318 g/mol. The highest BCUT2D eigenvalue weighted by atomic mass is 32.2. The number of methoxy groups -OCH3 is 1. The van der Waals surface area contributed by atoms with E-state index in [1.807, 2.05) is 4.72 Å². The first-order valence-electron chi connectivity index (χ1n) is 5.57. The lowest BCUT2D eigenvalue weighted by atomic mass is 10.2. The number of sulfonamides is 1. The number of aliphatic hydroxyl groups is 1. The molecule has 21 heavy (non-hydrogen) atoms. The van der Waals surface area contributed by atoms with E-state index in [4.69, 9.17) is 20.7 Å².